The Bertz CT molecular complexity index is 530. The SMILES string of the molecule is C/C=C/c1ccc(OC[C@@H](O)C[NH+]2CCCC[C@H]2CC)c(OC)c1. The lowest BCUT2D eigenvalue weighted by atomic mass is 10.00. The number of allylic oxidation sites excluding steroid dienone is 1. The van der Waals surface area contributed by atoms with Gasteiger partial charge in [0.1, 0.15) is 19.3 Å². The van der Waals surface area contributed by atoms with Crippen LogP contribution in [-0.4, -0.2) is 44.1 Å². The lowest BCUT2D eigenvalue weighted by Gasteiger charge is -2.33. The Morgan fingerprint density at radius 3 is 2.88 bits per heavy atom. The van der Waals surface area contributed by atoms with Gasteiger partial charge in [-0.15, -0.1) is 0 Å². The molecule has 0 bridgehead atoms. The summed E-state index contributed by atoms with van der Waals surface area (Å²) in [4.78, 5) is 1.52. The molecule has 1 aliphatic heterocycles. The van der Waals surface area contributed by atoms with Gasteiger partial charge in [-0.2, -0.15) is 0 Å². The second-order valence-corrected chi connectivity index (χ2v) is 6.59. The van der Waals surface area contributed by atoms with E-state index >= 15 is 0 Å². The van der Waals surface area contributed by atoms with E-state index in [1.807, 2.05) is 37.3 Å². The highest BCUT2D eigenvalue weighted by Gasteiger charge is 2.26. The Morgan fingerprint density at radius 2 is 2.17 bits per heavy atom. The predicted octanol–water partition coefficient (Wildman–Crippen LogP) is 2.32. The van der Waals surface area contributed by atoms with Crippen LogP contribution in [0, 0.1) is 0 Å². The molecule has 1 fully saturated rings. The van der Waals surface area contributed by atoms with Gasteiger partial charge in [-0.1, -0.05) is 25.1 Å². The molecular formula is C20H32NO3+. The van der Waals surface area contributed by atoms with E-state index in [4.69, 9.17) is 9.47 Å². The van der Waals surface area contributed by atoms with Crippen LogP contribution in [0.2, 0.25) is 0 Å². The number of methoxy groups -OCH3 is 1. The molecule has 1 heterocycles. The Balaban J connectivity index is 1.90. The maximum absolute atomic E-state index is 10.4. The van der Waals surface area contributed by atoms with E-state index in [-0.39, 0.29) is 0 Å². The Morgan fingerprint density at radius 1 is 1.33 bits per heavy atom. The number of hydrogen-bond acceptors (Lipinski definition) is 3. The fraction of sp³-hybridized carbons (Fsp3) is 0.600. The molecular weight excluding hydrogens is 302 g/mol. The first kappa shape index (κ1) is 18.8. The quantitative estimate of drug-likeness (QED) is 0.767. The summed E-state index contributed by atoms with van der Waals surface area (Å²) in [5, 5.41) is 10.4. The summed E-state index contributed by atoms with van der Waals surface area (Å²) in [6, 6.07) is 6.53. The van der Waals surface area contributed by atoms with Gasteiger partial charge in [-0.3, -0.25) is 0 Å². The minimum absolute atomic E-state index is 0.305. The van der Waals surface area contributed by atoms with Crippen molar-refractivity contribution in [2.45, 2.75) is 51.7 Å². The summed E-state index contributed by atoms with van der Waals surface area (Å²) in [6.45, 7) is 6.46. The molecule has 0 aliphatic carbocycles. The van der Waals surface area contributed by atoms with E-state index in [0.717, 1.165) is 18.7 Å². The highest BCUT2D eigenvalue weighted by molar-refractivity contribution is 5.55. The van der Waals surface area contributed by atoms with Gasteiger partial charge in [0.25, 0.3) is 0 Å². The number of hydrogen-bond donors (Lipinski definition) is 2. The van der Waals surface area contributed by atoms with E-state index in [1.165, 1.54) is 30.6 Å². The number of likely N-dealkylation sites (tertiary alicyclic amines) is 1. The first-order valence-corrected chi connectivity index (χ1v) is 9.14. The van der Waals surface area contributed by atoms with E-state index in [2.05, 4.69) is 6.92 Å². The van der Waals surface area contributed by atoms with Crippen molar-refractivity contribution in [1.82, 2.24) is 0 Å². The van der Waals surface area contributed by atoms with Gasteiger partial charge in [-0.05, 0) is 50.3 Å². The van der Waals surface area contributed by atoms with Crippen molar-refractivity contribution >= 4 is 6.08 Å². The zero-order valence-electron chi connectivity index (χ0n) is 15.3. The number of piperidine rings is 1. The maximum Gasteiger partial charge on any atom is 0.161 e. The van der Waals surface area contributed by atoms with Crippen molar-refractivity contribution in [2.75, 3.05) is 26.8 Å². The number of ether oxygens (including phenoxy) is 2. The number of quaternary nitrogens is 1. The standard InChI is InChI=1S/C20H31NO3/c1-4-8-16-10-11-19(20(13-16)23-3)24-15-18(22)14-21-12-7-6-9-17(21)5-2/h4,8,10-11,13,17-18,22H,5-7,9,12,14-15H2,1-3H3/p+1/b8-4+/t17-,18+/m1/s1. The summed E-state index contributed by atoms with van der Waals surface area (Å²) < 4.78 is 11.2. The largest absolute Gasteiger partial charge is 0.493 e. The average Bonchev–Trinajstić information content (AvgIpc) is 2.61. The molecule has 134 valence electrons. The van der Waals surface area contributed by atoms with Crippen molar-refractivity contribution < 1.29 is 19.5 Å². The second-order valence-electron chi connectivity index (χ2n) is 6.59. The van der Waals surface area contributed by atoms with Crippen LogP contribution in [0.15, 0.2) is 24.3 Å². The van der Waals surface area contributed by atoms with Gasteiger partial charge in [-0.25, -0.2) is 0 Å². The molecule has 24 heavy (non-hydrogen) atoms. The van der Waals surface area contributed by atoms with Crippen LogP contribution < -0.4 is 14.4 Å². The minimum Gasteiger partial charge on any atom is -0.493 e. The molecule has 2 rings (SSSR count). The third kappa shape index (κ3) is 5.25. The van der Waals surface area contributed by atoms with E-state index < -0.39 is 6.10 Å². The molecule has 2 N–H and O–H groups in total. The van der Waals surface area contributed by atoms with Gasteiger partial charge < -0.3 is 19.5 Å². The molecule has 1 aromatic rings. The molecule has 4 nitrogen and oxygen atoms in total. The zero-order valence-corrected chi connectivity index (χ0v) is 15.3. The van der Waals surface area contributed by atoms with Gasteiger partial charge in [0, 0.05) is 0 Å². The van der Waals surface area contributed by atoms with Gasteiger partial charge in [0.15, 0.2) is 11.5 Å². The van der Waals surface area contributed by atoms with E-state index in [0.29, 0.717) is 24.1 Å². The number of aliphatic hydroxyl groups excluding tert-OH is 1. The molecule has 1 saturated heterocycles. The van der Waals surface area contributed by atoms with E-state index in [9.17, 15) is 5.11 Å². The smallest absolute Gasteiger partial charge is 0.161 e. The van der Waals surface area contributed by atoms with Crippen molar-refractivity contribution in [3.05, 3.63) is 29.8 Å². The molecule has 0 aromatic heterocycles. The minimum atomic E-state index is -0.452. The summed E-state index contributed by atoms with van der Waals surface area (Å²) in [6.07, 6.45) is 8.61. The highest BCUT2D eigenvalue weighted by atomic mass is 16.5. The van der Waals surface area contributed by atoms with Crippen LogP contribution in [-0.2, 0) is 0 Å². The molecule has 4 heteroatoms. The van der Waals surface area contributed by atoms with Crippen molar-refractivity contribution in [3.8, 4) is 11.5 Å². The van der Waals surface area contributed by atoms with Crippen LogP contribution in [0.5, 0.6) is 11.5 Å². The monoisotopic (exact) mass is 334 g/mol. The Labute approximate surface area is 146 Å². The highest BCUT2D eigenvalue weighted by Crippen LogP contribution is 2.28. The van der Waals surface area contributed by atoms with Crippen LogP contribution in [0.4, 0.5) is 0 Å². The van der Waals surface area contributed by atoms with Gasteiger partial charge >= 0.3 is 0 Å². The number of aliphatic hydroxyl groups is 1. The lowest BCUT2D eigenvalue weighted by Crippen LogP contribution is -3.17. The summed E-state index contributed by atoms with van der Waals surface area (Å²) >= 11 is 0. The second kappa shape index (κ2) is 9.70. The summed E-state index contributed by atoms with van der Waals surface area (Å²) in [5.41, 5.74) is 1.07. The Hall–Kier alpha value is -1.52. The van der Waals surface area contributed by atoms with E-state index in [1.54, 1.807) is 7.11 Å². The third-order valence-corrected chi connectivity index (χ3v) is 4.85. The maximum atomic E-state index is 10.4. The first-order chi connectivity index (χ1) is 11.7. The fourth-order valence-corrected chi connectivity index (χ4v) is 3.56. The van der Waals surface area contributed by atoms with Gasteiger partial charge in [0.2, 0.25) is 0 Å². The summed E-state index contributed by atoms with van der Waals surface area (Å²) in [7, 11) is 1.64. The molecule has 0 amide bonds. The van der Waals surface area contributed by atoms with Crippen LogP contribution in [0.1, 0.15) is 45.1 Å². The van der Waals surface area contributed by atoms with Crippen molar-refractivity contribution in [1.29, 1.82) is 0 Å². The van der Waals surface area contributed by atoms with Crippen molar-refractivity contribution in [3.63, 3.8) is 0 Å². The number of rotatable bonds is 8. The zero-order chi connectivity index (χ0) is 17.4. The molecule has 0 saturated carbocycles. The third-order valence-electron chi connectivity index (χ3n) is 4.85. The normalized spacial score (nSPS) is 22.5. The average molecular weight is 334 g/mol. The fourth-order valence-electron chi connectivity index (χ4n) is 3.56. The molecule has 1 aromatic carbocycles. The summed E-state index contributed by atoms with van der Waals surface area (Å²) in [5.74, 6) is 1.39. The Kier molecular flexibility index (Phi) is 7.60. The molecule has 0 spiro atoms. The van der Waals surface area contributed by atoms with Crippen LogP contribution in [0.3, 0.4) is 0 Å². The number of benzene rings is 1. The topological polar surface area (TPSA) is 43.1 Å². The van der Waals surface area contributed by atoms with Crippen molar-refractivity contribution in [2.24, 2.45) is 0 Å². The molecule has 3 atom stereocenters. The van der Waals surface area contributed by atoms with Crippen LogP contribution in [0.25, 0.3) is 6.08 Å². The van der Waals surface area contributed by atoms with Gasteiger partial charge in [0.05, 0.1) is 19.7 Å². The molecule has 0 radical (unpaired) electrons. The van der Waals surface area contributed by atoms with Crippen LogP contribution >= 0.6 is 0 Å². The number of nitrogens with one attached hydrogen (secondary N) is 1. The molecule has 1 aliphatic rings. The molecule has 1 unspecified atom stereocenters. The first-order valence-electron chi connectivity index (χ1n) is 9.14. The lowest BCUT2D eigenvalue weighted by molar-refractivity contribution is -0.933. The predicted molar refractivity (Wildman–Crippen MR) is 97.8 cm³/mol.